The summed E-state index contributed by atoms with van der Waals surface area (Å²) >= 11 is 5.65. The van der Waals surface area contributed by atoms with E-state index in [-0.39, 0.29) is 23.7 Å². The highest BCUT2D eigenvalue weighted by molar-refractivity contribution is 6.33. The molecule has 0 heterocycles. The fourth-order valence-corrected chi connectivity index (χ4v) is 2.44. The van der Waals surface area contributed by atoms with Crippen LogP contribution in [0.1, 0.15) is 15.9 Å². The van der Waals surface area contributed by atoms with Gasteiger partial charge in [0.2, 0.25) is 0 Å². The van der Waals surface area contributed by atoms with Crippen molar-refractivity contribution in [3.05, 3.63) is 68.2 Å². The van der Waals surface area contributed by atoms with Crippen LogP contribution < -0.4 is 10.6 Å². The zero-order valence-electron chi connectivity index (χ0n) is 13.7. The number of amides is 1. The number of halogens is 6. The topological polar surface area (TPSA) is 84.3 Å². The lowest BCUT2D eigenvalue weighted by Gasteiger charge is -2.15. The zero-order valence-corrected chi connectivity index (χ0v) is 14.5. The van der Waals surface area contributed by atoms with Crippen molar-refractivity contribution in [1.82, 2.24) is 5.32 Å². The van der Waals surface area contributed by atoms with Crippen LogP contribution in [-0.2, 0) is 6.18 Å². The molecule has 0 saturated heterocycles. The van der Waals surface area contributed by atoms with Gasteiger partial charge < -0.3 is 10.6 Å². The van der Waals surface area contributed by atoms with Crippen LogP contribution in [-0.4, -0.2) is 23.9 Å². The molecule has 0 radical (unpaired) electrons. The van der Waals surface area contributed by atoms with Gasteiger partial charge in [0.15, 0.2) is 11.6 Å². The minimum absolute atomic E-state index is 0.187. The van der Waals surface area contributed by atoms with Gasteiger partial charge in [0.1, 0.15) is 0 Å². The molecule has 0 aliphatic heterocycles. The number of carbonyl (C=O) groups excluding carboxylic acids is 1. The maximum absolute atomic E-state index is 13.2. The second-order valence-corrected chi connectivity index (χ2v) is 5.82. The van der Waals surface area contributed by atoms with E-state index in [1.165, 1.54) is 0 Å². The molecule has 0 aromatic heterocycles. The predicted molar refractivity (Wildman–Crippen MR) is 90.3 cm³/mol. The van der Waals surface area contributed by atoms with Crippen LogP contribution in [0.3, 0.4) is 0 Å². The summed E-state index contributed by atoms with van der Waals surface area (Å²) in [5.74, 6) is -3.38. The summed E-state index contributed by atoms with van der Waals surface area (Å²) in [6.45, 7) is -0.379. The molecule has 0 spiro atoms. The summed E-state index contributed by atoms with van der Waals surface area (Å²) in [6, 6.07) is 3.41. The molecule has 28 heavy (non-hydrogen) atoms. The molecule has 0 aliphatic carbocycles. The standard InChI is InChI=1S/C16H11ClF5N3O3/c17-11-7-13(19)12(18)6-9(11)15(26)24-4-3-23-14-2-1-8(25(27)28)5-10(14)16(20,21)22/h1-2,5-7,23H,3-4H2,(H,24,26). The Morgan fingerprint density at radius 3 is 2.36 bits per heavy atom. The van der Waals surface area contributed by atoms with Gasteiger partial charge in [-0.2, -0.15) is 13.2 Å². The summed E-state index contributed by atoms with van der Waals surface area (Å²) in [7, 11) is 0. The Hall–Kier alpha value is -2.95. The van der Waals surface area contributed by atoms with Crippen molar-refractivity contribution in [1.29, 1.82) is 0 Å². The van der Waals surface area contributed by atoms with Crippen LogP contribution in [0.15, 0.2) is 30.3 Å². The molecular weight excluding hydrogens is 413 g/mol. The molecule has 2 aromatic rings. The Balaban J connectivity index is 2.03. The first-order valence-corrected chi connectivity index (χ1v) is 7.90. The molecule has 0 aliphatic rings. The molecule has 6 nitrogen and oxygen atoms in total. The van der Waals surface area contributed by atoms with E-state index in [1.807, 2.05) is 0 Å². The molecule has 2 rings (SSSR count). The van der Waals surface area contributed by atoms with E-state index in [1.54, 1.807) is 0 Å². The van der Waals surface area contributed by atoms with Gasteiger partial charge in [0.05, 0.1) is 21.1 Å². The zero-order chi connectivity index (χ0) is 21.1. The maximum Gasteiger partial charge on any atom is 0.418 e. The van der Waals surface area contributed by atoms with Crippen LogP contribution in [0.2, 0.25) is 5.02 Å². The number of anilines is 1. The average molecular weight is 424 g/mol. The summed E-state index contributed by atoms with van der Waals surface area (Å²) < 4.78 is 65.3. The average Bonchev–Trinajstić information content (AvgIpc) is 2.60. The molecule has 1 amide bonds. The molecular formula is C16H11ClF5N3O3. The molecule has 0 atom stereocenters. The fourth-order valence-electron chi connectivity index (χ4n) is 2.20. The van der Waals surface area contributed by atoms with E-state index in [9.17, 15) is 36.9 Å². The van der Waals surface area contributed by atoms with Gasteiger partial charge in [-0.15, -0.1) is 0 Å². The van der Waals surface area contributed by atoms with Gasteiger partial charge >= 0.3 is 6.18 Å². The number of alkyl halides is 3. The third-order valence-corrected chi connectivity index (χ3v) is 3.81. The second-order valence-electron chi connectivity index (χ2n) is 5.41. The van der Waals surface area contributed by atoms with Crippen molar-refractivity contribution in [2.75, 3.05) is 18.4 Å². The van der Waals surface area contributed by atoms with Gasteiger partial charge in [-0.1, -0.05) is 11.6 Å². The number of nitro benzene ring substituents is 1. The number of nitrogens with one attached hydrogen (secondary N) is 2. The third-order valence-electron chi connectivity index (χ3n) is 3.50. The number of carbonyl (C=O) groups is 1. The molecule has 0 bridgehead atoms. The quantitative estimate of drug-likeness (QED) is 0.237. The first kappa shape index (κ1) is 21.4. The number of rotatable bonds is 6. The second kappa shape index (κ2) is 8.38. The van der Waals surface area contributed by atoms with E-state index < -0.39 is 45.6 Å². The predicted octanol–water partition coefficient (Wildman–Crippen LogP) is 4.39. The Morgan fingerprint density at radius 1 is 1.11 bits per heavy atom. The Labute approximate surface area is 159 Å². The monoisotopic (exact) mass is 423 g/mol. The lowest BCUT2D eigenvalue weighted by molar-refractivity contribution is -0.385. The molecule has 2 N–H and O–H groups in total. The molecule has 150 valence electrons. The van der Waals surface area contributed by atoms with Gasteiger partial charge in [-0.25, -0.2) is 8.78 Å². The number of nitrogens with zero attached hydrogens (tertiary/aromatic N) is 1. The highest BCUT2D eigenvalue weighted by Crippen LogP contribution is 2.36. The first-order valence-electron chi connectivity index (χ1n) is 7.53. The largest absolute Gasteiger partial charge is 0.418 e. The van der Waals surface area contributed by atoms with Crippen molar-refractivity contribution in [3.8, 4) is 0 Å². The highest BCUT2D eigenvalue weighted by Gasteiger charge is 2.35. The van der Waals surface area contributed by atoms with E-state index >= 15 is 0 Å². The van der Waals surface area contributed by atoms with Crippen molar-refractivity contribution in [2.24, 2.45) is 0 Å². The van der Waals surface area contributed by atoms with Gasteiger partial charge in [0, 0.05) is 30.9 Å². The van der Waals surface area contributed by atoms with E-state index in [0.29, 0.717) is 18.2 Å². The van der Waals surface area contributed by atoms with E-state index in [0.717, 1.165) is 12.1 Å². The lowest BCUT2D eigenvalue weighted by Crippen LogP contribution is -2.29. The lowest BCUT2D eigenvalue weighted by atomic mass is 10.1. The smallest absolute Gasteiger partial charge is 0.383 e. The Morgan fingerprint density at radius 2 is 1.75 bits per heavy atom. The van der Waals surface area contributed by atoms with E-state index in [4.69, 9.17) is 11.6 Å². The summed E-state index contributed by atoms with van der Waals surface area (Å²) in [5, 5.41) is 15.0. The number of hydrogen-bond acceptors (Lipinski definition) is 4. The van der Waals surface area contributed by atoms with E-state index in [2.05, 4.69) is 10.6 Å². The molecule has 0 saturated carbocycles. The third kappa shape index (κ3) is 5.06. The Kier molecular flexibility index (Phi) is 6.39. The number of benzene rings is 2. The summed E-state index contributed by atoms with van der Waals surface area (Å²) in [5.41, 5.74) is -2.72. The number of non-ortho nitro benzene ring substituents is 1. The SMILES string of the molecule is O=C(NCCNc1ccc([N+](=O)[O-])cc1C(F)(F)F)c1cc(F)c(F)cc1Cl. The van der Waals surface area contributed by atoms with Crippen molar-refractivity contribution >= 4 is 28.9 Å². The minimum atomic E-state index is -4.84. The van der Waals surface area contributed by atoms with Crippen LogP contribution >= 0.6 is 11.6 Å². The fraction of sp³-hybridized carbons (Fsp3) is 0.188. The van der Waals surface area contributed by atoms with Gasteiger partial charge in [-0.05, 0) is 18.2 Å². The number of hydrogen-bond donors (Lipinski definition) is 2. The van der Waals surface area contributed by atoms with Crippen LogP contribution in [0, 0.1) is 21.7 Å². The molecule has 2 aromatic carbocycles. The molecule has 12 heteroatoms. The van der Waals surface area contributed by atoms with Crippen molar-refractivity contribution in [2.45, 2.75) is 6.18 Å². The van der Waals surface area contributed by atoms with Crippen LogP contribution in [0.25, 0.3) is 0 Å². The number of nitro groups is 1. The first-order chi connectivity index (χ1) is 13.0. The highest BCUT2D eigenvalue weighted by atomic mass is 35.5. The van der Waals surface area contributed by atoms with Crippen LogP contribution in [0.4, 0.5) is 33.3 Å². The molecule has 0 fully saturated rings. The Bertz CT molecular complexity index is 921. The van der Waals surface area contributed by atoms with Crippen molar-refractivity contribution in [3.63, 3.8) is 0 Å². The van der Waals surface area contributed by atoms with Gasteiger partial charge in [0.25, 0.3) is 11.6 Å². The van der Waals surface area contributed by atoms with Crippen LogP contribution in [0.5, 0.6) is 0 Å². The molecule has 0 unspecified atom stereocenters. The van der Waals surface area contributed by atoms with Gasteiger partial charge in [-0.3, -0.25) is 14.9 Å². The van der Waals surface area contributed by atoms with Crippen molar-refractivity contribution < 1.29 is 31.7 Å². The normalized spacial score (nSPS) is 11.2. The minimum Gasteiger partial charge on any atom is -0.383 e. The summed E-state index contributed by atoms with van der Waals surface area (Å²) in [6.07, 6.45) is -4.84. The summed E-state index contributed by atoms with van der Waals surface area (Å²) in [4.78, 5) is 21.6. The maximum atomic E-state index is 13.2.